The first-order valence-electron chi connectivity index (χ1n) is 7.97. The smallest absolute Gasteiger partial charge is 0.269 e. The highest BCUT2D eigenvalue weighted by Crippen LogP contribution is 2.25. The fraction of sp³-hybridized carbons (Fsp3) is 0.222. The van der Waals surface area contributed by atoms with E-state index in [-0.39, 0.29) is 23.4 Å². The molecule has 3 rings (SSSR count). The number of nitro benzene ring substituents is 1. The predicted molar refractivity (Wildman–Crippen MR) is 92.7 cm³/mol. The van der Waals surface area contributed by atoms with E-state index in [0.717, 1.165) is 0 Å². The van der Waals surface area contributed by atoms with Crippen molar-refractivity contribution in [2.45, 2.75) is 19.5 Å². The van der Waals surface area contributed by atoms with Crippen molar-refractivity contribution in [3.8, 4) is 11.5 Å². The van der Waals surface area contributed by atoms with Gasteiger partial charge in [0.15, 0.2) is 0 Å². The topological polar surface area (TPSA) is 85.3 Å². The van der Waals surface area contributed by atoms with E-state index in [9.17, 15) is 14.5 Å². The molecule has 0 bridgehead atoms. The normalized spacial score (nSPS) is 12.3. The van der Waals surface area contributed by atoms with Crippen LogP contribution < -0.4 is 0 Å². The lowest BCUT2D eigenvalue weighted by Gasteiger charge is -2.21. The molecule has 8 heteroatoms. The van der Waals surface area contributed by atoms with Crippen molar-refractivity contribution >= 4 is 5.69 Å². The maximum atomic E-state index is 13.8. The van der Waals surface area contributed by atoms with Crippen LogP contribution in [0.2, 0.25) is 0 Å². The summed E-state index contributed by atoms with van der Waals surface area (Å²) < 4.78 is 19.5. The molecule has 7 nitrogen and oxygen atoms in total. The third-order valence-electron chi connectivity index (χ3n) is 4.16. The van der Waals surface area contributed by atoms with Gasteiger partial charge < -0.3 is 4.42 Å². The Morgan fingerprint density at radius 3 is 2.54 bits per heavy atom. The molecule has 0 saturated heterocycles. The van der Waals surface area contributed by atoms with Gasteiger partial charge in [0.25, 0.3) is 5.69 Å². The molecular formula is C18H17FN4O3. The van der Waals surface area contributed by atoms with Gasteiger partial charge in [0, 0.05) is 29.8 Å². The third kappa shape index (κ3) is 3.75. The van der Waals surface area contributed by atoms with Crippen molar-refractivity contribution in [3.63, 3.8) is 0 Å². The Morgan fingerprint density at radius 2 is 1.88 bits per heavy atom. The van der Waals surface area contributed by atoms with Crippen LogP contribution in [-0.4, -0.2) is 27.1 Å². The SMILES string of the molecule is C[C@H](c1nnc(-c2ccc([N+](=O)[O-])cc2)o1)N(C)Cc1ccccc1F. The first kappa shape index (κ1) is 17.7. The lowest BCUT2D eigenvalue weighted by molar-refractivity contribution is -0.384. The molecule has 0 aliphatic carbocycles. The highest BCUT2D eigenvalue weighted by molar-refractivity contribution is 5.55. The minimum Gasteiger partial charge on any atom is -0.419 e. The molecule has 0 unspecified atom stereocenters. The molecule has 2 aromatic carbocycles. The Labute approximate surface area is 149 Å². The van der Waals surface area contributed by atoms with Crippen LogP contribution in [0.4, 0.5) is 10.1 Å². The summed E-state index contributed by atoms with van der Waals surface area (Å²) >= 11 is 0. The number of nitrogens with zero attached hydrogens (tertiary/aromatic N) is 4. The van der Waals surface area contributed by atoms with Gasteiger partial charge >= 0.3 is 0 Å². The van der Waals surface area contributed by atoms with Gasteiger partial charge in [0.1, 0.15) is 5.82 Å². The van der Waals surface area contributed by atoms with Gasteiger partial charge in [-0.2, -0.15) is 0 Å². The first-order chi connectivity index (χ1) is 12.5. The summed E-state index contributed by atoms with van der Waals surface area (Å²) in [5, 5.41) is 18.8. The fourth-order valence-corrected chi connectivity index (χ4v) is 2.47. The molecule has 0 amide bonds. The maximum absolute atomic E-state index is 13.8. The summed E-state index contributed by atoms with van der Waals surface area (Å²) in [5.74, 6) is 0.405. The van der Waals surface area contributed by atoms with Gasteiger partial charge in [0.05, 0.1) is 11.0 Å². The number of benzene rings is 2. The Hall–Kier alpha value is -3.13. The largest absolute Gasteiger partial charge is 0.419 e. The molecule has 0 aliphatic heterocycles. The number of halogens is 1. The van der Waals surface area contributed by atoms with Crippen LogP contribution in [0.5, 0.6) is 0 Å². The van der Waals surface area contributed by atoms with Crippen molar-refractivity contribution < 1.29 is 13.7 Å². The van der Waals surface area contributed by atoms with Crippen molar-refractivity contribution in [1.29, 1.82) is 0 Å². The van der Waals surface area contributed by atoms with E-state index in [0.29, 0.717) is 23.6 Å². The molecule has 0 saturated carbocycles. The van der Waals surface area contributed by atoms with Gasteiger partial charge in [0.2, 0.25) is 11.8 Å². The van der Waals surface area contributed by atoms with Crippen LogP contribution in [-0.2, 0) is 6.54 Å². The number of hydrogen-bond acceptors (Lipinski definition) is 6. The van der Waals surface area contributed by atoms with Crippen molar-refractivity contribution in [2.24, 2.45) is 0 Å². The lowest BCUT2D eigenvalue weighted by atomic mass is 10.2. The van der Waals surface area contributed by atoms with Crippen LogP contribution >= 0.6 is 0 Å². The molecule has 26 heavy (non-hydrogen) atoms. The van der Waals surface area contributed by atoms with Gasteiger partial charge in [-0.3, -0.25) is 15.0 Å². The minimum atomic E-state index is -0.469. The lowest BCUT2D eigenvalue weighted by Crippen LogP contribution is -2.22. The zero-order valence-corrected chi connectivity index (χ0v) is 14.3. The number of hydrogen-bond donors (Lipinski definition) is 0. The van der Waals surface area contributed by atoms with Crippen LogP contribution in [0.1, 0.15) is 24.4 Å². The Kier molecular flexibility index (Phi) is 5.04. The average Bonchev–Trinajstić information content (AvgIpc) is 3.13. The number of rotatable bonds is 6. The summed E-state index contributed by atoms with van der Waals surface area (Å²) in [6.45, 7) is 2.27. The Balaban J connectivity index is 1.74. The third-order valence-corrected chi connectivity index (χ3v) is 4.16. The maximum Gasteiger partial charge on any atom is 0.269 e. The van der Waals surface area contributed by atoms with Gasteiger partial charge in [-0.05, 0) is 32.2 Å². The molecule has 0 N–H and O–H groups in total. The minimum absolute atomic E-state index is 0.00789. The van der Waals surface area contributed by atoms with E-state index in [2.05, 4.69) is 10.2 Å². The number of nitro groups is 1. The van der Waals surface area contributed by atoms with Crippen LogP contribution in [0.3, 0.4) is 0 Å². The monoisotopic (exact) mass is 356 g/mol. The molecule has 134 valence electrons. The fourth-order valence-electron chi connectivity index (χ4n) is 2.47. The van der Waals surface area contributed by atoms with E-state index < -0.39 is 4.92 Å². The van der Waals surface area contributed by atoms with Crippen LogP contribution in [0.15, 0.2) is 52.9 Å². The highest BCUT2D eigenvalue weighted by Gasteiger charge is 2.20. The molecule has 0 aliphatic rings. The molecule has 1 atom stereocenters. The van der Waals surface area contributed by atoms with E-state index in [4.69, 9.17) is 4.42 Å². The Morgan fingerprint density at radius 1 is 1.19 bits per heavy atom. The highest BCUT2D eigenvalue weighted by atomic mass is 19.1. The summed E-state index contributed by atoms with van der Waals surface area (Å²) in [4.78, 5) is 12.1. The molecule has 0 radical (unpaired) electrons. The van der Waals surface area contributed by atoms with E-state index in [1.807, 2.05) is 18.9 Å². The molecule has 0 spiro atoms. The van der Waals surface area contributed by atoms with E-state index >= 15 is 0 Å². The number of non-ortho nitro benzene ring substituents is 1. The average molecular weight is 356 g/mol. The van der Waals surface area contributed by atoms with Gasteiger partial charge in [-0.1, -0.05) is 18.2 Å². The molecular weight excluding hydrogens is 339 g/mol. The zero-order chi connectivity index (χ0) is 18.7. The number of aromatic nitrogens is 2. The summed E-state index contributed by atoms with van der Waals surface area (Å²) in [5.41, 5.74) is 1.17. The van der Waals surface area contributed by atoms with Crippen LogP contribution in [0, 0.1) is 15.9 Å². The van der Waals surface area contributed by atoms with Crippen molar-refractivity contribution in [3.05, 3.63) is 75.9 Å². The second-order valence-corrected chi connectivity index (χ2v) is 5.93. The Bertz CT molecular complexity index is 911. The summed E-state index contributed by atoms with van der Waals surface area (Å²) in [7, 11) is 1.84. The van der Waals surface area contributed by atoms with Crippen molar-refractivity contribution in [1.82, 2.24) is 15.1 Å². The quantitative estimate of drug-likeness (QED) is 0.491. The molecule has 0 fully saturated rings. The molecule has 3 aromatic rings. The van der Waals surface area contributed by atoms with E-state index in [1.165, 1.54) is 18.2 Å². The van der Waals surface area contributed by atoms with E-state index in [1.54, 1.807) is 30.3 Å². The standard InChI is InChI=1S/C18H17FN4O3/c1-12(22(2)11-14-5-3-4-6-16(14)19)17-20-21-18(26-17)13-7-9-15(10-8-13)23(24)25/h3-10,12H,11H2,1-2H3/t12-/m1/s1. The zero-order valence-electron chi connectivity index (χ0n) is 14.3. The summed E-state index contributed by atoms with van der Waals surface area (Å²) in [6.07, 6.45) is 0. The molecule has 1 heterocycles. The van der Waals surface area contributed by atoms with Gasteiger partial charge in [-0.25, -0.2) is 4.39 Å². The van der Waals surface area contributed by atoms with Gasteiger partial charge in [-0.15, -0.1) is 10.2 Å². The second-order valence-electron chi connectivity index (χ2n) is 5.93. The first-order valence-corrected chi connectivity index (χ1v) is 7.97. The second kappa shape index (κ2) is 7.40. The summed E-state index contributed by atoms with van der Waals surface area (Å²) in [6, 6.07) is 12.2. The van der Waals surface area contributed by atoms with Crippen LogP contribution in [0.25, 0.3) is 11.5 Å². The van der Waals surface area contributed by atoms with Crippen molar-refractivity contribution in [2.75, 3.05) is 7.05 Å². The molecule has 1 aromatic heterocycles. The predicted octanol–water partition coefficient (Wildman–Crippen LogP) is 3.98.